The number of H-pyrrole nitrogens is 1. The van der Waals surface area contributed by atoms with E-state index in [1.165, 1.54) is 0 Å². The lowest BCUT2D eigenvalue weighted by Crippen LogP contribution is -2.13. The fourth-order valence-electron chi connectivity index (χ4n) is 4.03. The summed E-state index contributed by atoms with van der Waals surface area (Å²) in [6.07, 6.45) is 0. The first-order chi connectivity index (χ1) is 12.1. The average molecular weight is 329 g/mol. The van der Waals surface area contributed by atoms with Crippen LogP contribution in [0.3, 0.4) is 0 Å². The van der Waals surface area contributed by atoms with Crippen LogP contribution in [0.1, 0.15) is 0 Å². The van der Waals surface area contributed by atoms with Crippen LogP contribution in [0, 0.1) is 0 Å². The molecule has 122 valence electrons. The van der Waals surface area contributed by atoms with Crippen molar-refractivity contribution in [2.24, 2.45) is 14.1 Å². The highest BCUT2D eigenvalue weighted by molar-refractivity contribution is 6.20. The molecule has 3 heterocycles. The Morgan fingerprint density at radius 2 is 1.08 bits per heavy atom. The second kappa shape index (κ2) is 4.60. The van der Waals surface area contributed by atoms with E-state index in [4.69, 9.17) is 0 Å². The fourth-order valence-corrected chi connectivity index (χ4v) is 4.03. The molecule has 0 bridgehead atoms. The molecule has 0 aliphatic carbocycles. The van der Waals surface area contributed by atoms with Crippen LogP contribution < -0.4 is 11.1 Å². The molecule has 2 aromatic carbocycles. The Kier molecular flexibility index (Phi) is 2.58. The molecule has 0 aliphatic heterocycles. The third kappa shape index (κ3) is 1.62. The van der Waals surface area contributed by atoms with Crippen molar-refractivity contribution in [2.75, 3.05) is 0 Å². The van der Waals surface area contributed by atoms with Crippen LogP contribution in [-0.2, 0) is 14.1 Å². The topological polar surface area (TPSA) is 59.8 Å². The highest BCUT2D eigenvalue weighted by atomic mass is 16.2. The lowest BCUT2D eigenvalue weighted by molar-refractivity contribution is 0.986. The Hall–Kier alpha value is -3.34. The van der Waals surface area contributed by atoms with Gasteiger partial charge in [0.05, 0.1) is 21.8 Å². The van der Waals surface area contributed by atoms with E-state index < -0.39 is 0 Å². The van der Waals surface area contributed by atoms with Gasteiger partial charge in [0, 0.05) is 35.9 Å². The lowest BCUT2D eigenvalue weighted by atomic mass is 10.2. The molecule has 0 saturated heterocycles. The van der Waals surface area contributed by atoms with Gasteiger partial charge in [0.1, 0.15) is 0 Å². The Bertz CT molecular complexity index is 1340. The number of para-hydroxylation sites is 2. The van der Waals surface area contributed by atoms with Gasteiger partial charge in [-0.1, -0.05) is 36.4 Å². The van der Waals surface area contributed by atoms with Crippen molar-refractivity contribution in [1.82, 2.24) is 14.1 Å². The summed E-state index contributed by atoms with van der Waals surface area (Å²) < 4.78 is 4.00. The summed E-state index contributed by atoms with van der Waals surface area (Å²) >= 11 is 0. The zero-order chi connectivity index (χ0) is 17.3. The molecule has 0 fully saturated rings. The molecule has 25 heavy (non-hydrogen) atoms. The molecule has 5 rings (SSSR count). The molecule has 0 spiro atoms. The van der Waals surface area contributed by atoms with E-state index >= 15 is 0 Å². The minimum atomic E-state index is -0.350. The molecular formula is C20H15N3O2. The predicted molar refractivity (Wildman–Crippen MR) is 101 cm³/mol. The molecule has 1 N–H and O–H groups in total. The molecular weight excluding hydrogens is 314 g/mol. The number of hydrogen-bond acceptors (Lipinski definition) is 2. The first kappa shape index (κ1) is 14.0. The quantitative estimate of drug-likeness (QED) is 0.475. The molecule has 0 atom stereocenters. The van der Waals surface area contributed by atoms with Crippen LogP contribution in [0.25, 0.3) is 43.6 Å². The Morgan fingerprint density at radius 1 is 0.680 bits per heavy atom. The van der Waals surface area contributed by atoms with E-state index in [0.717, 1.165) is 32.8 Å². The van der Waals surface area contributed by atoms with Crippen molar-refractivity contribution in [2.45, 2.75) is 0 Å². The van der Waals surface area contributed by atoms with E-state index in [9.17, 15) is 9.59 Å². The maximum absolute atomic E-state index is 12.8. The van der Waals surface area contributed by atoms with Gasteiger partial charge >= 0.3 is 0 Å². The molecule has 0 aliphatic rings. The van der Waals surface area contributed by atoms with Crippen molar-refractivity contribution >= 4 is 43.6 Å². The minimum Gasteiger partial charge on any atom is -0.342 e. The van der Waals surface area contributed by atoms with E-state index in [1.54, 1.807) is 0 Å². The maximum atomic E-state index is 12.8. The molecule has 5 aromatic rings. The number of aromatic nitrogens is 3. The Morgan fingerprint density at radius 3 is 1.52 bits per heavy atom. The second-order valence-corrected chi connectivity index (χ2v) is 6.38. The first-order valence-electron chi connectivity index (χ1n) is 8.10. The summed E-state index contributed by atoms with van der Waals surface area (Å²) in [7, 11) is 3.87. The van der Waals surface area contributed by atoms with Crippen molar-refractivity contribution in [1.29, 1.82) is 0 Å². The highest BCUT2D eigenvalue weighted by Gasteiger charge is 2.19. The number of hydrogen-bond donors (Lipinski definition) is 1. The third-order valence-corrected chi connectivity index (χ3v) is 5.12. The number of aryl methyl sites for hydroxylation is 2. The van der Waals surface area contributed by atoms with Crippen LogP contribution in [0.2, 0.25) is 0 Å². The number of nitrogens with zero attached hydrogens (tertiary/aromatic N) is 2. The van der Waals surface area contributed by atoms with E-state index in [-0.39, 0.29) is 11.1 Å². The Labute approximate surface area is 141 Å². The summed E-state index contributed by atoms with van der Waals surface area (Å²) in [6, 6.07) is 15.5. The van der Waals surface area contributed by atoms with Crippen molar-refractivity contribution < 1.29 is 0 Å². The van der Waals surface area contributed by atoms with Gasteiger partial charge in [-0.25, -0.2) is 0 Å². The Balaban J connectivity index is 2.32. The van der Waals surface area contributed by atoms with Gasteiger partial charge in [-0.15, -0.1) is 0 Å². The summed E-state index contributed by atoms with van der Waals surface area (Å²) in [4.78, 5) is 28.2. The normalized spacial score (nSPS) is 11.9. The number of fused-ring (bicyclic) bond motifs is 7. The van der Waals surface area contributed by atoms with Crippen molar-refractivity contribution in [3.05, 3.63) is 69.2 Å². The maximum Gasteiger partial charge on any atom is 0.261 e. The van der Waals surface area contributed by atoms with Gasteiger partial charge in [-0.2, -0.15) is 0 Å². The smallest absolute Gasteiger partial charge is 0.261 e. The third-order valence-electron chi connectivity index (χ3n) is 5.12. The first-order valence-corrected chi connectivity index (χ1v) is 8.10. The van der Waals surface area contributed by atoms with E-state index in [1.807, 2.05) is 71.8 Å². The average Bonchev–Trinajstić information content (AvgIpc) is 3.03. The lowest BCUT2D eigenvalue weighted by Gasteiger charge is -2.01. The van der Waals surface area contributed by atoms with Crippen LogP contribution in [0.5, 0.6) is 0 Å². The van der Waals surface area contributed by atoms with Gasteiger partial charge < -0.3 is 9.13 Å². The molecule has 3 aromatic heterocycles. The van der Waals surface area contributed by atoms with Gasteiger partial charge in [0.15, 0.2) is 0 Å². The van der Waals surface area contributed by atoms with Crippen molar-refractivity contribution in [3.8, 4) is 0 Å². The summed E-state index contributed by atoms with van der Waals surface area (Å²) in [5, 5.41) is 2.80. The zero-order valence-electron chi connectivity index (χ0n) is 13.8. The minimum absolute atomic E-state index is 0.350. The van der Waals surface area contributed by atoms with E-state index in [0.29, 0.717) is 10.8 Å². The highest BCUT2D eigenvalue weighted by Crippen LogP contribution is 2.33. The van der Waals surface area contributed by atoms with Gasteiger partial charge in [0.2, 0.25) is 0 Å². The predicted octanol–water partition coefficient (Wildman–Crippen LogP) is 3.02. The van der Waals surface area contributed by atoms with Gasteiger partial charge in [0.25, 0.3) is 11.1 Å². The number of nitrogens with one attached hydrogen (secondary N) is 1. The molecule has 5 nitrogen and oxygen atoms in total. The monoisotopic (exact) mass is 329 g/mol. The van der Waals surface area contributed by atoms with Gasteiger partial charge in [-0.05, 0) is 12.1 Å². The largest absolute Gasteiger partial charge is 0.342 e. The fraction of sp³-hybridized carbons (Fsp3) is 0.100. The molecule has 0 radical (unpaired) electrons. The second-order valence-electron chi connectivity index (χ2n) is 6.38. The van der Waals surface area contributed by atoms with Gasteiger partial charge in [-0.3, -0.25) is 14.6 Å². The number of rotatable bonds is 0. The van der Waals surface area contributed by atoms with Crippen LogP contribution >= 0.6 is 0 Å². The van der Waals surface area contributed by atoms with Crippen LogP contribution in [0.4, 0.5) is 0 Å². The molecule has 0 amide bonds. The van der Waals surface area contributed by atoms with Crippen LogP contribution in [0.15, 0.2) is 58.1 Å². The summed E-state index contributed by atoms with van der Waals surface area (Å²) in [6.45, 7) is 0. The molecule has 0 unspecified atom stereocenters. The zero-order valence-corrected chi connectivity index (χ0v) is 13.8. The van der Waals surface area contributed by atoms with E-state index in [2.05, 4.69) is 4.98 Å². The van der Waals surface area contributed by atoms with Crippen molar-refractivity contribution in [3.63, 3.8) is 0 Å². The SMILES string of the molecule is Cn1c2ccccc2c2c(=O)[nH]c(=O)c3c4ccccc4n(C)c3c21. The number of benzene rings is 2. The summed E-state index contributed by atoms with van der Waals surface area (Å²) in [5.41, 5.74) is 2.78. The number of aromatic amines is 1. The molecule has 5 heteroatoms. The molecule has 0 saturated carbocycles. The van der Waals surface area contributed by atoms with Crippen LogP contribution in [-0.4, -0.2) is 14.1 Å². The summed E-state index contributed by atoms with van der Waals surface area (Å²) in [5.74, 6) is 0. The standard InChI is InChI=1S/C20H15N3O2/c1-22-13-9-5-3-7-11(13)15-17(22)18-16(20(25)21-19(15)24)12-8-4-6-10-14(12)23(18)2/h3-10H,1-2H3,(H,21,24,25).